The summed E-state index contributed by atoms with van der Waals surface area (Å²) in [5, 5.41) is 3.28. The zero-order chi connectivity index (χ0) is 16.1. The Morgan fingerprint density at radius 1 is 1.09 bits per heavy atom. The molecule has 0 unspecified atom stereocenters. The average Bonchev–Trinajstić information content (AvgIpc) is 2.89. The Bertz CT molecular complexity index is 434. The van der Waals surface area contributed by atoms with Crippen molar-refractivity contribution in [2.75, 3.05) is 19.8 Å². The van der Waals surface area contributed by atoms with E-state index in [0.717, 1.165) is 50.0 Å². The van der Waals surface area contributed by atoms with Gasteiger partial charge >= 0.3 is 0 Å². The molecule has 0 spiro atoms. The third-order valence-corrected chi connectivity index (χ3v) is 6.75. The molecule has 1 heterocycles. The fourth-order valence-corrected chi connectivity index (χ4v) is 6.22. The largest absolute Gasteiger partial charge is 0.355 e. The van der Waals surface area contributed by atoms with Gasteiger partial charge in [-0.05, 0) is 69.1 Å². The highest BCUT2D eigenvalue weighted by atomic mass is 16.7. The first-order chi connectivity index (χ1) is 11.0. The molecule has 1 N–H and O–H groups in total. The summed E-state index contributed by atoms with van der Waals surface area (Å²) in [5.41, 5.74) is -0.0290. The summed E-state index contributed by atoms with van der Waals surface area (Å²) >= 11 is 0. The van der Waals surface area contributed by atoms with Crippen LogP contribution in [0.5, 0.6) is 0 Å². The predicted molar refractivity (Wildman–Crippen MR) is 87.7 cm³/mol. The van der Waals surface area contributed by atoms with Crippen molar-refractivity contribution in [3.8, 4) is 0 Å². The highest BCUT2D eigenvalue weighted by Crippen LogP contribution is 2.60. The van der Waals surface area contributed by atoms with Crippen LogP contribution in [0, 0.1) is 29.1 Å². The predicted octanol–water partition coefficient (Wildman–Crippen LogP) is 3.11. The van der Waals surface area contributed by atoms with Crippen molar-refractivity contribution in [3.63, 3.8) is 0 Å². The Hall–Kier alpha value is -0.610. The Labute approximate surface area is 139 Å². The Kier molecular flexibility index (Phi) is 3.96. The molecular formula is C19H31NO3. The van der Waals surface area contributed by atoms with Crippen molar-refractivity contribution < 1.29 is 14.3 Å². The molecule has 0 aromatic heterocycles. The van der Waals surface area contributed by atoms with Gasteiger partial charge < -0.3 is 14.8 Å². The molecule has 1 aliphatic heterocycles. The maximum Gasteiger partial charge on any atom is 0.226 e. The minimum Gasteiger partial charge on any atom is -0.355 e. The van der Waals surface area contributed by atoms with Crippen molar-refractivity contribution in [2.24, 2.45) is 29.1 Å². The second-order valence-corrected chi connectivity index (χ2v) is 9.05. The lowest BCUT2D eigenvalue weighted by Gasteiger charge is -2.55. The molecule has 4 heteroatoms. The van der Waals surface area contributed by atoms with Crippen molar-refractivity contribution in [3.05, 3.63) is 0 Å². The van der Waals surface area contributed by atoms with E-state index in [4.69, 9.17) is 9.47 Å². The van der Waals surface area contributed by atoms with Crippen LogP contribution in [-0.4, -0.2) is 31.5 Å². The lowest BCUT2D eigenvalue weighted by Crippen LogP contribution is -2.54. The standard InChI is InChI=1S/C19H31NO3/c1-13(8-18(2)22-3-4-23-18)12-20-17(21)19-9-14-5-15(10-19)7-16(6-14)11-19/h13-16H,3-12H2,1-2H3,(H,20,21)/t13-,14?,15?,16?,19?/m1/s1. The number of hydrogen-bond acceptors (Lipinski definition) is 3. The van der Waals surface area contributed by atoms with Crippen LogP contribution in [-0.2, 0) is 14.3 Å². The van der Waals surface area contributed by atoms with E-state index in [0.29, 0.717) is 25.0 Å². The van der Waals surface area contributed by atoms with Crippen molar-refractivity contribution in [2.45, 2.75) is 64.6 Å². The van der Waals surface area contributed by atoms with Gasteiger partial charge in [-0.3, -0.25) is 4.79 Å². The first-order valence-corrected chi connectivity index (χ1v) is 9.53. The van der Waals surface area contributed by atoms with Crippen LogP contribution in [0.1, 0.15) is 58.8 Å². The van der Waals surface area contributed by atoms with Gasteiger partial charge in [0.1, 0.15) is 0 Å². The summed E-state index contributed by atoms with van der Waals surface area (Å²) in [4.78, 5) is 12.9. The normalized spacial score (nSPS) is 41.9. The van der Waals surface area contributed by atoms with E-state index in [1.54, 1.807) is 0 Å². The van der Waals surface area contributed by atoms with Crippen LogP contribution in [0.15, 0.2) is 0 Å². The van der Waals surface area contributed by atoms with Gasteiger partial charge in [-0.1, -0.05) is 6.92 Å². The zero-order valence-electron chi connectivity index (χ0n) is 14.6. The first kappa shape index (κ1) is 15.9. The summed E-state index contributed by atoms with van der Waals surface area (Å²) in [6.45, 7) is 6.29. The average molecular weight is 321 g/mol. The van der Waals surface area contributed by atoms with Gasteiger partial charge in [0.2, 0.25) is 5.91 Å². The number of nitrogens with one attached hydrogen (secondary N) is 1. The monoisotopic (exact) mass is 321 g/mol. The second kappa shape index (κ2) is 5.73. The molecule has 0 aromatic carbocycles. The van der Waals surface area contributed by atoms with E-state index in [2.05, 4.69) is 12.2 Å². The molecule has 5 fully saturated rings. The summed E-state index contributed by atoms with van der Waals surface area (Å²) < 4.78 is 11.4. The SMILES string of the molecule is C[C@@H](CNC(=O)C12CC3CC(CC(C3)C1)C2)CC1(C)OCCO1. The first-order valence-electron chi connectivity index (χ1n) is 9.53. The Balaban J connectivity index is 1.31. The van der Waals surface area contributed by atoms with E-state index in [1.807, 2.05) is 6.92 Å². The van der Waals surface area contributed by atoms with Gasteiger partial charge in [0.25, 0.3) is 0 Å². The van der Waals surface area contributed by atoms with E-state index in [-0.39, 0.29) is 5.41 Å². The Morgan fingerprint density at radius 2 is 1.61 bits per heavy atom. The van der Waals surface area contributed by atoms with Gasteiger partial charge in [-0.15, -0.1) is 0 Å². The smallest absolute Gasteiger partial charge is 0.226 e. The topological polar surface area (TPSA) is 47.6 Å². The van der Waals surface area contributed by atoms with Crippen molar-refractivity contribution in [1.82, 2.24) is 5.32 Å². The van der Waals surface area contributed by atoms with E-state index in [9.17, 15) is 4.79 Å². The molecule has 1 atom stereocenters. The third kappa shape index (κ3) is 3.05. The zero-order valence-corrected chi connectivity index (χ0v) is 14.6. The number of hydrogen-bond donors (Lipinski definition) is 1. The third-order valence-electron chi connectivity index (χ3n) is 6.75. The molecule has 5 rings (SSSR count). The quantitative estimate of drug-likeness (QED) is 0.846. The van der Waals surface area contributed by atoms with Crippen LogP contribution in [0.25, 0.3) is 0 Å². The van der Waals surface area contributed by atoms with E-state index in [1.165, 1.54) is 19.3 Å². The molecule has 4 saturated carbocycles. The van der Waals surface area contributed by atoms with Crippen LogP contribution in [0.4, 0.5) is 0 Å². The Morgan fingerprint density at radius 3 is 2.13 bits per heavy atom. The number of rotatable bonds is 5. The van der Waals surface area contributed by atoms with Crippen molar-refractivity contribution >= 4 is 5.91 Å². The summed E-state index contributed by atoms with van der Waals surface area (Å²) in [7, 11) is 0. The lowest BCUT2D eigenvalue weighted by atomic mass is 9.49. The number of carbonyl (C=O) groups is 1. The fourth-order valence-electron chi connectivity index (χ4n) is 6.22. The van der Waals surface area contributed by atoms with Crippen LogP contribution in [0.2, 0.25) is 0 Å². The van der Waals surface area contributed by atoms with Crippen LogP contribution >= 0.6 is 0 Å². The molecule has 4 bridgehead atoms. The summed E-state index contributed by atoms with van der Waals surface area (Å²) in [5.74, 6) is 2.72. The van der Waals surface area contributed by atoms with Crippen LogP contribution in [0.3, 0.4) is 0 Å². The molecule has 5 aliphatic rings. The second-order valence-electron chi connectivity index (χ2n) is 9.05. The van der Waals surface area contributed by atoms with Gasteiger partial charge in [0.05, 0.1) is 13.2 Å². The molecular weight excluding hydrogens is 290 g/mol. The van der Waals surface area contributed by atoms with Gasteiger partial charge in [0, 0.05) is 18.4 Å². The van der Waals surface area contributed by atoms with Gasteiger partial charge in [-0.2, -0.15) is 0 Å². The number of carbonyl (C=O) groups excluding carboxylic acids is 1. The summed E-state index contributed by atoms with van der Waals surface area (Å²) in [6.07, 6.45) is 8.42. The van der Waals surface area contributed by atoms with Crippen molar-refractivity contribution in [1.29, 1.82) is 0 Å². The maximum atomic E-state index is 12.9. The maximum absolute atomic E-state index is 12.9. The number of amides is 1. The fraction of sp³-hybridized carbons (Fsp3) is 0.947. The van der Waals surface area contributed by atoms with E-state index < -0.39 is 5.79 Å². The van der Waals surface area contributed by atoms with Gasteiger partial charge in [0.15, 0.2) is 5.79 Å². The molecule has 130 valence electrons. The summed E-state index contributed by atoms with van der Waals surface area (Å²) in [6, 6.07) is 0. The molecule has 23 heavy (non-hydrogen) atoms. The van der Waals surface area contributed by atoms with E-state index >= 15 is 0 Å². The highest BCUT2D eigenvalue weighted by molar-refractivity contribution is 5.83. The highest BCUT2D eigenvalue weighted by Gasteiger charge is 2.54. The minimum atomic E-state index is -0.454. The molecule has 1 amide bonds. The molecule has 0 radical (unpaired) electrons. The minimum absolute atomic E-state index is 0.0290. The molecule has 1 saturated heterocycles. The van der Waals surface area contributed by atoms with Gasteiger partial charge in [-0.25, -0.2) is 0 Å². The van der Waals surface area contributed by atoms with Crippen LogP contribution < -0.4 is 5.32 Å². The lowest BCUT2D eigenvalue weighted by molar-refractivity contribution is -0.155. The molecule has 0 aromatic rings. The number of ether oxygens (including phenoxy) is 2. The molecule has 4 aliphatic carbocycles. The molecule has 4 nitrogen and oxygen atoms in total.